The Kier molecular flexibility index (Phi) is 2.53. The number of pyridine rings is 2. The summed E-state index contributed by atoms with van der Waals surface area (Å²) in [6, 6.07) is 11.3. The molecule has 0 saturated heterocycles. The van der Waals surface area contributed by atoms with Crippen molar-refractivity contribution in [3.8, 4) is 11.5 Å². The summed E-state index contributed by atoms with van der Waals surface area (Å²) >= 11 is 0. The average Bonchev–Trinajstić information content (AvgIpc) is 2.42. The Morgan fingerprint density at radius 3 is 2.78 bits per heavy atom. The van der Waals surface area contributed by atoms with Crippen molar-refractivity contribution in [1.29, 1.82) is 0 Å². The summed E-state index contributed by atoms with van der Waals surface area (Å²) in [5.74, 6) is 1.33. The standard InChI is InChI=1S/C14H11N3O/c15-11-9-16-8-6-14(11)18-13-5-1-4-12-10(13)3-2-7-17-12/h1-9H,15H2. The fourth-order valence-corrected chi connectivity index (χ4v) is 1.77. The molecule has 0 aliphatic rings. The molecule has 0 bridgehead atoms. The molecule has 18 heavy (non-hydrogen) atoms. The first-order valence-electron chi connectivity index (χ1n) is 5.56. The second-order valence-corrected chi connectivity index (χ2v) is 3.84. The number of benzene rings is 1. The number of aromatic nitrogens is 2. The Labute approximate surface area is 104 Å². The number of fused-ring (bicyclic) bond motifs is 1. The minimum Gasteiger partial charge on any atom is -0.454 e. The van der Waals surface area contributed by atoms with Crippen LogP contribution in [0.25, 0.3) is 10.9 Å². The smallest absolute Gasteiger partial charge is 0.153 e. The van der Waals surface area contributed by atoms with Crippen LogP contribution in [-0.4, -0.2) is 9.97 Å². The molecule has 4 nitrogen and oxygen atoms in total. The summed E-state index contributed by atoms with van der Waals surface area (Å²) in [6.45, 7) is 0. The molecule has 88 valence electrons. The van der Waals surface area contributed by atoms with Gasteiger partial charge in [0.05, 0.1) is 17.4 Å². The van der Waals surface area contributed by atoms with E-state index in [2.05, 4.69) is 9.97 Å². The molecule has 2 heterocycles. The lowest BCUT2D eigenvalue weighted by Gasteiger charge is -2.09. The molecule has 2 aromatic heterocycles. The number of rotatable bonds is 2. The number of hydrogen-bond acceptors (Lipinski definition) is 4. The number of nitrogens with two attached hydrogens (primary N) is 1. The maximum Gasteiger partial charge on any atom is 0.153 e. The van der Waals surface area contributed by atoms with E-state index in [1.54, 1.807) is 24.7 Å². The van der Waals surface area contributed by atoms with Crippen LogP contribution in [0, 0.1) is 0 Å². The fraction of sp³-hybridized carbons (Fsp3) is 0. The van der Waals surface area contributed by atoms with Crippen LogP contribution in [0.15, 0.2) is 55.0 Å². The van der Waals surface area contributed by atoms with Crippen molar-refractivity contribution in [2.75, 3.05) is 5.73 Å². The minimum atomic E-state index is 0.512. The summed E-state index contributed by atoms with van der Waals surface area (Å²) < 4.78 is 5.82. The van der Waals surface area contributed by atoms with Gasteiger partial charge in [0, 0.05) is 23.8 Å². The van der Waals surface area contributed by atoms with Crippen molar-refractivity contribution in [3.63, 3.8) is 0 Å². The van der Waals surface area contributed by atoms with Gasteiger partial charge in [0.15, 0.2) is 5.75 Å². The molecular formula is C14H11N3O. The van der Waals surface area contributed by atoms with E-state index in [9.17, 15) is 0 Å². The normalized spacial score (nSPS) is 10.4. The van der Waals surface area contributed by atoms with Crippen molar-refractivity contribution < 1.29 is 4.74 Å². The number of hydrogen-bond donors (Lipinski definition) is 1. The highest BCUT2D eigenvalue weighted by molar-refractivity contribution is 5.85. The zero-order valence-electron chi connectivity index (χ0n) is 9.58. The maximum absolute atomic E-state index is 5.82. The zero-order valence-corrected chi connectivity index (χ0v) is 9.58. The highest BCUT2D eigenvalue weighted by Gasteiger charge is 2.05. The lowest BCUT2D eigenvalue weighted by Crippen LogP contribution is -1.93. The Balaban J connectivity index is 2.08. The van der Waals surface area contributed by atoms with E-state index in [1.807, 2.05) is 30.3 Å². The molecular weight excluding hydrogens is 226 g/mol. The molecule has 2 N–H and O–H groups in total. The number of ether oxygens (including phenoxy) is 1. The predicted octanol–water partition coefficient (Wildman–Crippen LogP) is 3.00. The molecule has 1 aromatic carbocycles. The van der Waals surface area contributed by atoms with Gasteiger partial charge in [-0.15, -0.1) is 0 Å². The number of anilines is 1. The van der Waals surface area contributed by atoms with Crippen molar-refractivity contribution in [3.05, 3.63) is 55.0 Å². The monoisotopic (exact) mass is 237 g/mol. The molecule has 3 aromatic rings. The van der Waals surface area contributed by atoms with E-state index >= 15 is 0 Å². The minimum absolute atomic E-state index is 0.512. The van der Waals surface area contributed by atoms with Gasteiger partial charge in [-0.25, -0.2) is 0 Å². The van der Waals surface area contributed by atoms with E-state index < -0.39 is 0 Å². The van der Waals surface area contributed by atoms with Gasteiger partial charge in [0.1, 0.15) is 5.75 Å². The molecule has 0 atom stereocenters. The molecule has 0 amide bonds. The van der Waals surface area contributed by atoms with E-state index in [4.69, 9.17) is 10.5 Å². The Morgan fingerprint density at radius 2 is 1.89 bits per heavy atom. The molecule has 0 unspecified atom stereocenters. The van der Waals surface area contributed by atoms with Gasteiger partial charge in [-0.05, 0) is 24.3 Å². The van der Waals surface area contributed by atoms with E-state index in [1.165, 1.54) is 0 Å². The van der Waals surface area contributed by atoms with Crippen molar-refractivity contribution in [2.45, 2.75) is 0 Å². The summed E-state index contributed by atoms with van der Waals surface area (Å²) in [5, 5.41) is 0.955. The lowest BCUT2D eigenvalue weighted by atomic mass is 10.2. The Morgan fingerprint density at radius 1 is 0.944 bits per heavy atom. The van der Waals surface area contributed by atoms with Crippen molar-refractivity contribution in [1.82, 2.24) is 9.97 Å². The van der Waals surface area contributed by atoms with E-state index in [-0.39, 0.29) is 0 Å². The lowest BCUT2D eigenvalue weighted by molar-refractivity contribution is 0.490. The topological polar surface area (TPSA) is 61.0 Å². The fourth-order valence-electron chi connectivity index (χ4n) is 1.77. The number of nitrogens with zero attached hydrogens (tertiary/aromatic N) is 2. The first kappa shape index (κ1) is 10.5. The van der Waals surface area contributed by atoms with Crippen LogP contribution in [0.5, 0.6) is 11.5 Å². The molecule has 3 rings (SSSR count). The van der Waals surface area contributed by atoms with Crippen LogP contribution in [-0.2, 0) is 0 Å². The molecule has 0 aliphatic heterocycles. The summed E-state index contributed by atoms with van der Waals surface area (Å²) in [5.41, 5.74) is 7.21. The molecule has 0 saturated carbocycles. The predicted molar refractivity (Wildman–Crippen MR) is 70.5 cm³/mol. The summed E-state index contributed by atoms with van der Waals surface area (Å²) in [6.07, 6.45) is 4.97. The van der Waals surface area contributed by atoms with Crippen LogP contribution >= 0.6 is 0 Å². The van der Waals surface area contributed by atoms with Gasteiger partial charge in [-0.3, -0.25) is 9.97 Å². The van der Waals surface area contributed by atoms with Crippen LogP contribution < -0.4 is 10.5 Å². The van der Waals surface area contributed by atoms with Crippen LogP contribution in [0.2, 0.25) is 0 Å². The third-order valence-electron chi connectivity index (χ3n) is 2.64. The van der Waals surface area contributed by atoms with Gasteiger partial charge in [0.2, 0.25) is 0 Å². The van der Waals surface area contributed by atoms with Crippen LogP contribution in [0.3, 0.4) is 0 Å². The summed E-state index contributed by atoms with van der Waals surface area (Å²) in [4.78, 5) is 8.21. The third kappa shape index (κ3) is 1.84. The average molecular weight is 237 g/mol. The molecule has 0 spiro atoms. The van der Waals surface area contributed by atoms with Gasteiger partial charge >= 0.3 is 0 Å². The van der Waals surface area contributed by atoms with Crippen molar-refractivity contribution >= 4 is 16.6 Å². The summed E-state index contributed by atoms with van der Waals surface area (Å²) in [7, 11) is 0. The van der Waals surface area contributed by atoms with Crippen LogP contribution in [0.1, 0.15) is 0 Å². The Bertz CT molecular complexity index is 692. The molecule has 4 heteroatoms. The van der Waals surface area contributed by atoms with Gasteiger partial charge in [-0.2, -0.15) is 0 Å². The van der Waals surface area contributed by atoms with Gasteiger partial charge in [-0.1, -0.05) is 6.07 Å². The van der Waals surface area contributed by atoms with Crippen LogP contribution in [0.4, 0.5) is 5.69 Å². The second-order valence-electron chi connectivity index (χ2n) is 3.84. The van der Waals surface area contributed by atoms with Gasteiger partial charge < -0.3 is 10.5 Å². The Hall–Kier alpha value is -2.62. The van der Waals surface area contributed by atoms with E-state index in [0.717, 1.165) is 16.7 Å². The highest BCUT2D eigenvalue weighted by Crippen LogP contribution is 2.31. The maximum atomic E-state index is 5.82. The first-order chi connectivity index (χ1) is 8.84. The molecule has 0 radical (unpaired) electrons. The van der Waals surface area contributed by atoms with Crippen molar-refractivity contribution in [2.24, 2.45) is 0 Å². The highest BCUT2D eigenvalue weighted by atomic mass is 16.5. The molecule has 0 fully saturated rings. The van der Waals surface area contributed by atoms with Gasteiger partial charge in [0.25, 0.3) is 0 Å². The quantitative estimate of drug-likeness (QED) is 0.744. The first-order valence-corrected chi connectivity index (χ1v) is 5.56. The molecule has 0 aliphatic carbocycles. The second kappa shape index (κ2) is 4.33. The number of nitrogen functional groups attached to an aromatic ring is 1. The third-order valence-corrected chi connectivity index (χ3v) is 2.64. The largest absolute Gasteiger partial charge is 0.454 e. The zero-order chi connectivity index (χ0) is 12.4. The SMILES string of the molecule is Nc1cnccc1Oc1cccc2ncccc12. The van der Waals surface area contributed by atoms with E-state index in [0.29, 0.717) is 11.4 Å².